The van der Waals surface area contributed by atoms with Crippen LogP contribution in [0.15, 0.2) is 12.3 Å². The molecule has 7 nitrogen and oxygen atoms in total. The number of aliphatic hydroxyl groups excluding tert-OH is 1. The second-order valence-electron chi connectivity index (χ2n) is 5.50. The molecule has 112 valence electrons. The summed E-state index contributed by atoms with van der Waals surface area (Å²) in [6.45, 7) is 0.470. The average Bonchev–Trinajstić information content (AvgIpc) is 2.53. The molecule has 7 heteroatoms. The van der Waals surface area contributed by atoms with Crippen LogP contribution in [0.3, 0.4) is 0 Å². The molecule has 0 aliphatic heterocycles. The number of hydrogen-bond acceptors (Lipinski definition) is 6. The van der Waals surface area contributed by atoms with Crippen LogP contribution in [-0.2, 0) is 0 Å². The van der Waals surface area contributed by atoms with Gasteiger partial charge in [-0.2, -0.15) is 5.26 Å². The minimum atomic E-state index is -0.597. The fourth-order valence-corrected chi connectivity index (χ4v) is 2.82. The third-order valence-electron chi connectivity index (χ3n) is 4.11. The molecule has 0 saturated heterocycles. The molecule has 0 amide bonds. The molecule has 0 bridgehead atoms. The Morgan fingerprint density at radius 1 is 1.48 bits per heavy atom. The summed E-state index contributed by atoms with van der Waals surface area (Å²) in [4.78, 5) is 14.5. The van der Waals surface area contributed by atoms with Crippen LogP contribution >= 0.6 is 0 Å². The smallest absolute Gasteiger partial charge is 0.328 e. The van der Waals surface area contributed by atoms with Crippen molar-refractivity contribution in [3.63, 3.8) is 0 Å². The lowest BCUT2D eigenvalue weighted by atomic mass is 9.74. The Labute approximate surface area is 122 Å². The van der Waals surface area contributed by atoms with Crippen LogP contribution in [0.5, 0.6) is 0 Å². The van der Waals surface area contributed by atoms with Crippen molar-refractivity contribution in [2.75, 3.05) is 18.5 Å². The van der Waals surface area contributed by atoms with E-state index in [1.807, 2.05) is 6.07 Å². The molecule has 0 aromatic carbocycles. The van der Waals surface area contributed by atoms with Gasteiger partial charge in [0.05, 0.1) is 11.5 Å². The van der Waals surface area contributed by atoms with Crippen molar-refractivity contribution >= 4 is 11.5 Å². The second kappa shape index (κ2) is 6.50. The van der Waals surface area contributed by atoms with Crippen LogP contribution in [0.1, 0.15) is 37.7 Å². The predicted octanol–water partition coefficient (Wildman–Crippen LogP) is 2.22. The normalized spacial score (nSPS) is 17.0. The maximum atomic E-state index is 11.1. The Morgan fingerprint density at radius 3 is 2.76 bits per heavy atom. The number of pyridine rings is 1. The van der Waals surface area contributed by atoms with E-state index in [0.717, 1.165) is 32.1 Å². The summed E-state index contributed by atoms with van der Waals surface area (Å²) < 4.78 is 0. The fraction of sp³-hybridized carbons (Fsp3) is 0.571. The number of anilines is 1. The predicted molar refractivity (Wildman–Crippen MR) is 76.7 cm³/mol. The molecule has 1 aromatic heterocycles. The van der Waals surface area contributed by atoms with E-state index in [0.29, 0.717) is 6.54 Å². The molecule has 0 radical (unpaired) electrons. The molecule has 1 aliphatic rings. The van der Waals surface area contributed by atoms with Gasteiger partial charge in [-0.15, -0.1) is 0 Å². The Hall–Kier alpha value is -2.20. The van der Waals surface area contributed by atoms with Crippen molar-refractivity contribution in [1.82, 2.24) is 4.98 Å². The van der Waals surface area contributed by atoms with Gasteiger partial charge in [0.15, 0.2) is 0 Å². The van der Waals surface area contributed by atoms with Gasteiger partial charge >= 0.3 is 5.69 Å². The highest BCUT2D eigenvalue weighted by atomic mass is 16.6. The second-order valence-corrected chi connectivity index (χ2v) is 5.50. The van der Waals surface area contributed by atoms with Crippen molar-refractivity contribution < 1.29 is 10.0 Å². The summed E-state index contributed by atoms with van der Waals surface area (Å²) in [5.41, 5.74) is -0.570. The maximum absolute atomic E-state index is 11.1. The molecule has 1 aliphatic carbocycles. The highest BCUT2D eigenvalue weighted by molar-refractivity contribution is 5.64. The molecule has 21 heavy (non-hydrogen) atoms. The lowest BCUT2D eigenvalue weighted by Crippen LogP contribution is -2.35. The van der Waals surface area contributed by atoms with Gasteiger partial charge in [-0.05, 0) is 18.9 Å². The lowest BCUT2D eigenvalue weighted by Gasteiger charge is -2.35. The van der Waals surface area contributed by atoms with Crippen molar-refractivity contribution in [3.05, 3.63) is 27.9 Å². The number of rotatable bonds is 5. The van der Waals surface area contributed by atoms with Gasteiger partial charge in [0.25, 0.3) is 0 Å². The zero-order chi connectivity index (χ0) is 15.3. The first-order valence-electron chi connectivity index (χ1n) is 7.00. The van der Waals surface area contributed by atoms with Gasteiger partial charge in [0.2, 0.25) is 5.82 Å². The quantitative estimate of drug-likeness (QED) is 0.635. The molecular weight excluding hydrogens is 272 g/mol. The van der Waals surface area contributed by atoms with E-state index in [4.69, 9.17) is 5.26 Å². The van der Waals surface area contributed by atoms with E-state index < -0.39 is 4.92 Å². The minimum Gasteiger partial charge on any atom is -0.396 e. The summed E-state index contributed by atoms with van der Waals surface area (Å²) in [6.07, 6.45) is 6.42. The first kappa shape index (κ1) is 15.2. The van der Waals surface area contributed by atoms with Crippen molar-refractivity contribution in [2.24, 2.45) is 5.41 Å². The first-order chi connectivity index (χ1) is 10.1. The van der Waals surface area contributed by atoms with E-state index in [-0.39, 0.29) is 29.1 Å². The van der Waals surface area contributed by atoms with Crippen LogP contribution in [0.2, 0.25) is 0 Å². The highest BCUT2D eigenvalue weighted by Crippen LogP contribution is 2.36. The molecule has 2 rings (SSSR count). The molecule has 1 aromatic rings. The molecule has 0 spiro atoms. The standard InChI is InChI=1S/C14H18N4O3/c15-8-11-4-7-16-13(12(11)18(20)21)17-9-14(10-19)5-2-1-3-6-14/h4,7,19H,1-3,5-6,9-10H2,(H,16,17). The van der Waals surface area contributed by atoms with Crippen molar-refractivity contribution in [1.29, 1.82) is 5.26 Å². The van der Waals surface area contributed by atoms with E-state index in [2.05, 4.69) is 10.3 Å². The van der Waals surface area contributed by atoms with Crippen molar-refractivity contribution in [3.8, 4) is 6.07 Å². The van der Waals surface area contributed by atoms with Gasteiger partial charge in [0.1, 0.15) is 11.6 Å². The van der Waals surface area contributed by atoms with Crippen LogP contribution < -0.4 is 5.32 Å². The molecule has 0 atom stereocenters. The maximum Gasteiger partial charge on any atom is 0.328 e. The van der Waals surface area contributed by atoms with Crippen LogP contribution in [-0.4, -0.2) is 28.2 Å². The lowest BCUT2D eigenvalue weighted by molar-refractivity contribution is -0.384. The van der Waals surface area contributed by atoms with Gasteiger partial charge in [-0.25, -0.2) is 4.98 Å². The van der Waals surface area contributed by atoms with Gasteiger partial charge in [-0.1, -0.05) is 19.3 Å². The molecule has 1 saturated carbocycles. The van der Waals surface area contributed by atoms with Crippen LogP contribution in [0.25, 0.3) is 0 Å². The zero-order valence-electron chi connectivity index (χ0n) is 11.7. The Bertz CT molecular complexity index is 562. The Kier molecular flexibility index (Phi) is 4.70. The molecular formula is C14H18N4O3. The fourth-order valence-electron chi connectivity index (χ4n) is 2.82. The van der Waals surface area contributed by atoms with E-state index in [9.17, 15) is 15.2 Å². The zero-order valence-corrected chi connectivity index (χ0v) is 11.7. The molecule has 2 N–H and O–H groups in total. The topological polar surface area (TPSA) is 112 Å². The first-order valence-corrected chi connectivity index (χ1v) is 7.00. The number of hydrogen-bond donors (Lipinski definition) is 2. The Morgan fingerprint density at radius 2 is 2.19 bits per heavy atom. The van der Waals surface area contributed by atoms with E-state index in [1.54, 1.807) is 0 Å². The molecule has 1 heterocycles. The number of nitrogens with zero attached hydrogens (tertiary/aromatic N) is 3. The number of aliphatic hydroxyl groups is 1. The summed E-state index contributed by atoms with van der Waals surface area (Å²) >= 11 is 0. The van der Waals surface area contributed by atoms with Gasteiger partial charge in [-0.3, -0.25) is 10.1 Å². The highest BCUT2D eigenvalue weighted by Gasteiger charge is 2.32. The summed E-state index contributed by atoms with van der Waals surface area (Å²) in [7, 11) is 0. The molecule has 0 unspecified atom stereocenters. The van der Waals surface area contributed by atoms with Crippen LogP contribution in [0.4, 0.5) is 11.5 Å². The largest absolute Gasteiger partial charge is 0.396 e. The summed E-state index contributed by atoms with van der Waals surface area (Å²) in [5.74, 6) is 0.0949. The minimum absolute atomic E-state index is 0.0146. The van der Waals surface area contributed by atoms with Crippen LogP contribution in [0, 0.1) is 26.9 Å². The number of nitrogens with one attached hydrogen (secondary N) is 1. The molecule has 1 fully saturated rings. The van der Waals surface area contributed by atoms with Gasteiger partial charge < -0.3 is 10.4 Å². The third-order valence-corrected chi connectivity index (χ3v) is 4.11. The van der Waals surface area contributed by atoms with Gasteiger partial charge in [0, 0.05) is 18.2 Å². The Balaban J connectivity index is 2.20. The summed E-state index contributed by atoms with van der Waals surface area (Å²) in [6, 6.07) is 3.13. The average molecular weight is 290 g/mol. The van der Waals surface area contributed by atoms with E-state index >= 15 is 0 Å². The number of nitro groups is 1. The third kappa shape index (κ3) is 3.28. The van der Waals surface area contributed by atoms with Crippen molar-refractivity contribution in [2.45, 2.75) is 32.1 Å². The monoisotopic (exact) mass is 290 g/mol. The summed E-state index contributed by atoms with van der Waals surface area (Å²) in [5, 5.41) is 32.7. The van der Waals surface area contributed by atoms with E-state index in [1.165, 1.54) is 12.3 Å². The SMILES string of the molecule is N#Cc1ccnc(NCC2(CO)CCCCC2)c1[N+](=O)[O-]. The number of nitriles is 1. The number of aromatic nitrogens is 1.